The van der Waals surface area contributed by atoms with Crippen LogP contribution in [0.5, 0.6) is 0 Å². The molecule has 2 N–H and O–H groups in total. The monoisotopic (exact) mass is 220 g/mol. The Balaban J connectivity index is 3.06. The van der Waals surface area contributed by atoms with Gasteiger partial charge in [0.1, 0.15) is 5.76 Å². The van der Waals surface area contributed by atoms with Crippen molar-refractivity contribution in [1.82, 2.24) is 0 Å². The van der Waals surface area contributed by atoms with Crippen LogP contribution in [0.25, 0.3) is 0 Å². The summed E-state index contributed by atoms with van der Waals surface area (Å²) in [5.74, 6) is -0.755. The molecular weight excluding hydrogens is 204 g/mol. The molecule has 0 saturated heterocycles. The molecule has 0 aromatic carbocycles. The molecule has 0 heterocycles. The number of hydrogen-bond donors (Lipinski definition) is 2. The van der Waals surface area contributed by atoms with Crippen molar-refractivity contribution in [3.8, 4) is 0 Å². The largest absolute Gasteiger partial charge is 0.508 e. The van der Waals surface area contributed by atoms with Crippen molar-refractivity contribution in [2.75, 3.05) is 0 Å². The Kier molecular flexibility index (Phi) is 4.11. The Morgan fingerprint density at radius 1 is 1.12 bits per heavy atom. The van der Waals surface area contributed by atoms with Gasteiger partial charge in [-0.05, 0) is 24.0 Å². The average molecular weight is 220 g/mol. The summed E-state index contributed by atoms with van der Waals surface area (Å²) in [5.41, 5.74) is 0.277. The highest BCUT2D eigenvalue weighted by molar-refractivity contribution is 5.89. The third kappa shape index (κ3) is 3.77. The lowest BCUT2D eigenvalue weighted by molar-refractivity contribution is -0.132. The van der Waals surface area contributed by atoms with Gasteiger partial charge in [0, 0.05) is 0 Å². The van der Waals surface area contributed by atoms with Gasteiger partial charge in [0.2, 0.25) is 0 Å². The molecule has 0 aromatic heterocycles. The number of carboxylic acids is 1. The summed E-state index contributed by atoms with van der Waals surface area (Å²) in [4.78, 5) is 10.9. The first kappa shape index (κ1) is 12.3. The van der Waals surface area contributed by atoms with Crippen molar-refractivity contribution < 1.29 is 15.0 Å². The lowest BCUT2D eigenvalue weighted by Crippen LogP contribution is -2.01. The van der Waals surface area contributed by atoms with Gasteiger partial charge >= 0.3 is 5.97 Å². The minimum atomic E-state index is -0.933. The van der Waals surface area contributed by atoms with Gasteiger partial charge in [0.05, 0.1) is 5.57 Å². The number of carboxylic acid groups (broad SMARTS) is 1. The van der Waals surface area contributed by atoms with Crippen LogP contribution >= 0.6 is 0 Å². The summed E-state index contributed by atoms with van der Waals surface area (Å²) in [6, 6.07) is 0. The predicted octanol–water partition coefficient (Wildman–Crippen LogP) is 2.84. The van der Waals surface area contributed by atoms with E-state index in [2.05, 4.69) is 0 Å². The van der Waals surface area contributed by atoms with Gasteiger partial charge in [-0.2, -0.15) is 0 Å². The van der Waals surface area contributed by atoms with E-state index in [0.717, 1.165) is 0 Å². The molecule has 2 unspecified atom stereocenters. The summed E-state index contributed by atoms with van der Waals surface area (Å²) in [6.45, 7) is 3.75. The molecule has 1 aliphatic carbocycles. The summed E-state index contributed by atoms with van der Waals surface area (Å²) in [5, 5.41) is 18.5. The summed E-state index contributed by atoms with van der Waals surface area (Å²) in [7, 11) is 0. The SMILES string of the molecule is CC1/C=C\C(C(=O)O)=C/C(C)/C=C\C(O)=C/1. The fraction of sp³-hybridized carbons (Fsp3) is 0.308. The molecule has 86 valence electrons. The smallest absolute Gasteiger partial charge is 0.335 e. The van der Waals surface area contributed by atoms with Crippen LogP contribution in [0.2, 0.25) is 0 Å². The Morgan fingerprint density at radius 3 is 2.31 bits per heavy atom. The van der Waals surface area contributed by atoms with E-state index in [-0.39, 0.29) is 23.2 Å². The maximum Gasteiger partial charge on any atom is 0.335 e. The minimum Gasteiger partial charge on any atom is -0.508 e. The summed E-state index contributed by atoms with van der Waals surface area (Å²) >= 11 is 0. The third-order valence-electron chi connectivity index (χ3n) is 2.27. The molecule has 0 spiro atoms. The van der Waals surface area contributed by atoms with E-state index < -0.39 is 5.97 Å². The number of hydrogen-bond acceptors (Lipinski definition) is 2. The molecule has 2 atom stereocenters. The maximum atomic E-state index is 10.9. The van der Waals surface area contributed by atoms with Gasteiger partial charge in [-0.25, -0.2) is 4.79 Å². The fourth-order valence-electron chi connectivity index (χ4n) is 1.42. The van der Waals surface area contributed by atoms with E-state index in [1.54, 1.807) is 36.5 Å². The van der Waals surface area contributed by atoms with Crippen molar-refractivity contribution in [2.24, 2.45) is 11.8 Å². The van der Waals surface area contributed by atoms with Crippen LogP contribution in [0.15, 0.2) is 47.8 Å². The molecule has 0 radical (unpaired) electrons. The highest BCUT2D eigenvalue weighted by atomic mass is 16.4. The minimum absolute atomic E-state index is 0.000746. The molecule has 0 bridgehead atoms. The van der Waals surface area contributed by atoms with E-state index in [1.807, 2.05) is 13.8 Å². The lowest BCUT2D eigenvalue weighted by Gasteiger charge is -2.05. The van der Waals surface area contributed by atoms with Gasteiger partial charge in [0.25, 0.3) is 0 Å². The number of allylic oxidation sites excluding steroid dienone is 5. The molecule has 16 heavy (non-hydrogen) atoms. The lowest BCUT2D eigenvalue weighted by atomic mass is 10.0. The zero-order valence-corrected chi connectivity index (χ0v) is 9.42. The van der Waals surface area contributed by atoms with Crippen LogP contribution in [0.4, 0.5) is 0 Å². The molecule has 0 saturated carbocycles. The Hall–Kier alpha value is -1.77. The molecule has 0 aromatic rings. The van der Waals surface area contributed by atoms with Crippen molar-refractivity contribution in [3.05, 3.63) is 47.8 Å². The number of aliphatic hydroxyl groups is 1. The highest BCUT2D eigenvalue weighted by Gasteiger charge is 2.06. The van der Waals surface area contributed by atoms with Crippen molar-refractivity contribution >= 4 is 5.97 Å². The van der Waals surface area contributed by atoms with E-state index in [0.29, 0.717) is 0 Å². The first-order chi connectivity index (χ1) is 7.49. The topological polar surface area (TPSA) is 57.5 Å². The molecular formula is C13H16O3. The molecule has 0 aliphatic heterocycles. The Morgan fingerprint density at radius 2 is 1.69 bits per heavy atom. The Labute approximate surface area is 95.1 Å². The molecule has 1 aliphatic rings. The highest BCUT2D eigenvalue weighted by Crippen LogP contribution is 2.13. The standard InChI is InChI=1S/C13H16O3/c1-9-4-6-12(14)8-10(2)3-5-11(7-9)13(15)16/h3-10,14H,1-2H3,(H,15,16)/b5-3-,6-4-,11-7+,12-8+. The molecule has 0 amide bonds. The second-order valence-electron chi connectivity index (χ2n) is 3.96. The normalized spacial score (nSPS) is 36.4. The van der Waals surface area contributed by atoms with Crippen LogP contribution in [0.1, 0.15) is 13.8 Å². The van der Waals surface area contributed by atoms with E-state index in [9.17, 15) is 9.90 Å². The summed E-state index contributed by atoms with van der Waals surface area (Å²) in [6.07, 6.45) is 10.0. The maximum absolute atomic E-state index is 10.9. The fourth-order valence-corrected chi connectivity index (χ4v) is 1.42. The van der Waals surface area contributed by atoms with Gasteiger partial charge in [-0.3, -0.25) is 0 Å². The van der Waals surface area contributed by atoms with E-state index in [1.165, 1.54) is 0 Å². The van der Waals surface area contributed by atoms with Crippen LogP contribution in [0, 0.1) is 11.8 Å². The first-order valence-electron chi connectivity index (χ1n) is 5.21. The zero-order valence-electron chi connectivity index (χ0n) is 9.42. The Bertz CT molecular complexity index is 386. The number of aliphatic hydroxyl groups excluding tert-OH is 1. The van der Waals surface area contributed by atoms with Crippen molar-refractivity contribution in [3.63, 3.8) is 0 Å². The summed E-state index contributed by atoms with van der Waals surface area (Å²) < 4.78 is 0. The second kappa shape index (κ2) is 5.35. The van der Waals surface area contributed by atoms with Gasteiger partial charge in [-0.1, -0.05) is 38.2 Å². The number of carbonyl (C=O) groups is 1. The van der Waals surface area contributed by atoms with Crippen LogP contribution in [0.3, 0.4) is 0 Å². The predicted molar refractivity (Wildman–Crippen MR) is 63.0 cm³/mol. The van der Waals surface area contributed by atoms with E-state index in [4.69, 9.17) is 5.11 Å². The quantitative estimate of drug-likeness (QED) is 0.714. The van der Waals surface area contributed by atoms with Gasteiger partial charge in [-0.15, -0.1) is 0 Å². The van der Waals surface area contributed by atoms with Crippen LogP contribution in [-0.2, 0) is 4.79 Å². The number of rotatable bonds is 1. The average Bonchev–Trinajstić information content (AvgIpc) is 2.20. The molecule has 0 fully saturated rings. The van der Waals surface area contributed by atoms with Crippen LogP contribution in [-0.4, -0.2) is 16.2 Å². The van der Waals surface area contributed by atoms with Crippen molar-refractivity contribution in [1.29, 1.82) is 0 Å². The third-order valence-corrected chi connectivity index (χ3v) is 2.27. The van der Waals surface area contributed by atoms with E-state index >= 15 is 0 Å². The van der Waals surface area contributed by atoms with Crippen LogP contribution < -0.4 is 0 Å². The number of aliphatic carboxylic acids is 1. The van der Waals surface area contributed by atoms with Gasteiger partial charge in [0.15, 0.2) is 0 Å². The first-order valence-corrected chi connectivity index (χ1v) is 5.21. The molecule has 3 heteroatoms. The van der Waals surface area contributed by atoms with Gasteiger partial charge < -0.3 is 10.2 Å². The zero-order chi connectivity index (χ0) is 12.1. The van der Waals surface area contributed by atoms with Crippen molar-refractivity contribution in [2.45, 2.75) is 13.8 Å². The molecule has 3 nitrogen and oxygen atoms in total. The second-order valence-corrected chi connectivity index (χ2v) is 3.96. The molecule has 1 rings (SSSR count).